The Labute approximate surface area is 125 Å². The minimum Gasteiger partial charge on any atom is -0.357 e. The van der Waals surface area contributed by atoms with Crippen molar-refractivity contribution < 1.29 is 52.7 Å². The molecule has 24 heavy (non-hydrogen) atoms. The van der Waals surface area contributed by atoms with Crippen LogP contribution in [-0.2, 0) is 6.18 Å². The van der Waals surface area contributed by atoms with Crippen molar-refractivity contribution in [1.29, 1.82) is 0 Å². The SMILES string of the molecule is FC(F)(F)c1cccc(NC(C(F)(F)F)(C(F)(F)F)C(F)(F)F)c1. The molecular weight excluding hydrogens is 374 g/mol. The molecule has 1 aromatic rings. The maximum Gasteiger partial charge on any atom is 0.429 e. The molecule has 0 aliphatic rings. The normalized spacial score (nSPS) is 14.7. The first kappa shape index (κ1) is 20.2. The number of benzene rings is 1. The van der Waals surface area contributed by atoms with E-state index < -0.39 is 41.5 Å². The Morgan fingerprint density at radius 2 is 1.04 bits per heavy atom. The van der Waals surface area contributed by atoms with Gasteiger partial charge in [-0.05, 0) is 18.2 Å². The number of anilines is 1. The summed E-state index contributed by atoms with van der Waals surface area (Å²) in [6, 6.07) is 0.547. The Kier molecular flexibility index (Phi) is 4.73. The quantitative estimate of drug-likeness (QED) is 0.665. The van der Waals surface area contributed by atoms with Gasteiger partial charge < -0.3 is 5.32 Å². The molecular formula is C11H5F12N. The summed E-state index contributed by atoms with van der Waals surface area (Å²) in [6.45, 7) is 0. The summed E-state index contributed by atoms with van der Waals surface area (Å²) in [7, 11) is 0. The highest BCUT2D eigenvalue weighted by Gasteiger charge is 2.84. The average Bonchev–Trinajstić information content (AvgIpc) is 2.30. The molecule has 0 atom stereocenters. The first-order valence-electron chi connectivity index (χ1n) is 5.59. The van der Waals surface area contributed by atoms with Crippen molar-refractivity contribution in [1.82, 2.24) is 0 Å². The molecule has 0 spiro atoms. The van der Waals surface area contributed by atoms with Gasteiger partial charge in [0.15, 0.2) is 0 Å². The Morgan fingerprint density at radius 1 is 0.625 bits per heavy atom. The van der Waals surface area contributed by atoms with Crippen molar-refractivity contribution >= 4 is 5.69 Å². The maximum absolute atomic E-state index is 12.7. The van der Waals surface area contributed by atoms with Crippen LogP contribution < -0.4 is 5.32 Å². The number of rotatable bonds is 2. The smallest absolute Gasteiger partial charge is 0.357 e. The molecule has 0 saturated carbocycles. The fourth-order valence-electron chi connectivity index (χ4n) is 1.68. The predicted molar refractivity (Wildman–Crippen MR) is 56.0 cm³/mol. The van der Waals surface area contributed by atoms with Gasteiger partial charge in [0.25, 0.3) is 0 Å². The van der Waals surface area contributed by atoms with Crippen molar-refractivity contribution in [2.45, 2.75) is 30.2 Å². The van der Waals surface area contributed by atoms with Crippen LogP contribution in [0.1, 0.15) is 5.56 Å². The minimum absolute atomic E-state index is 0.150. The molecule has 13 heteroatoms. The lowest BCUT2D eigenvalue weighted by molar-refractivity contribution is -0.370. The second kappa shape index (κ2) is 5.62. The molecule has 0 fully saturated rings. The van der Waals surface area contributed by atoms with Crippen LogP contribution in [0.3, 0.4) is 0 Å². The van der Waals surface area contributed by atoms with Gasteiger partial charge in [-0.2, -0.15) is 52.7 Å². The van der Waals surface area contributed by atoms with Gasteiger partial charge in [0, 0.05) is 5.69 Å². The van der Waals surface area contributed by atoms with Gasteiger partial charge in [-0.25, -0.2) is 0 Å². The summed E-state index contributed by atoms with van der Waals surface area (Å²) in [5.74, 6) is 0. The predicted octanol–water partition coefficient (Wildman–Crippen LogP) is 5.54. The first-order chi connectivity index (χ1) is 10.4. The molecule has 0 aromatic heterocycles. The van der Waals surface area contributed by atoms with E-state index in [-0.39, 0.29) is 23.5 Å². The third-order valence-corrected chi connectivity index (χ3v) is 2.80. The fourth-order valence-corrected chi connectivity index (χ4v) is 1.68. The summed E-state index contributed by atoms with van der Waals surface area (Å²) < 4.78 is 151. The van der Waals surface area contributed by atoms with E-state index in [9.17, 15) is 52.7 Å². The molecule has 0 saturated heterocycles. The number of halogens is 12. The standard InChI is InChI=1S/C11H5F12N/c12-7(13,14)5-2-1-3-6(4-5)24-8(9(15,16)17,10(18,19)20)11(21,22)23/h1-4,24H. The monoisotopic (exact) mass is 379 g/mol. The summed E-state index contributed by atoms with van der Waals surface area (Å²) >= 11 is 0. The van der Waals surface area contributed by atoms with E-state index in [2.05, 4.69) is 0 Å². The van der Waals surface area contributed by atoms with Crippen LogP contribution in [0.5, 0.6) is 0 Å². The molecule has 0 heterocycles. The van der Waals surface area contributed by atoms with Crippen molar-refractivity contribution in [3.63, 3.8) is 0 Å². The van der Waals surface area contributed by atoms with Gasteiger partial charge in [-0.15, -0.1) is 0 Å². The number of hydrogen-bond acceptors (Lipinski definition) is 1. The van der Waals surface area contributed by atoms with Crippen molar-refractivity contribution in [3.05, 3.63) is 29.8 Å². The van der Waals surface area contributed by atoms with E-state index in [4.69, 9.17) is 0 Å². The third kappa shape index (κ3) is 3.48. The highest BCUT2D eigenvalue weighted by Crippen LogP contribution is 2.54. The Morgan fingerprint density at radius 3 is 1.38 bits per heavy atom. The lowest BCUT2D eigenvalue weighted by atomic mass is 9.96. The summed E-state index contributed by atoms with van der Waals surface area (Å²) in [6.07, 6.45) is -26.0. The molecule has 1 rings (SSSR count). The topological polar surface area (TPSA) is 12.0 Å². The zero-order valence-electron chi connectivity index (χ0n) is 10.8. The Hall–Kier alpha value is -1.82. The molecule has 1 nitrogen and oxygen atoms in total. The van der Waals surface area contributed by atoms with Crippen LogP contribution in [-0.4, -0.2) is 24.1 Å². The Balaban J connectivity index is 3.56. The molecule has 1 aromatic carbocycles. The van der Waals surface area contributed by atoms with Crippen LogP contribution in [0, 0.1) is 0 Å². The highest BCUT2D eigenvalue weighted by molar-refractivity contribution is 5.50. The van der Waals surface area contributed by atoms with E-state index in [0.29, 0.717) is 6.07 Å². The molecule has 0 unspecified atom stereocenters. The molecule has 0 aliphatic heterocycles. The first-order valence-corrected chi connectivity index (χ1v) is 5.59. The molecule has 1 N–H and O–H groups in total. The van der Waals surface area contributed by atoms with Gasteiger partial charge in [0.05, 0.1) is 5.56 Å². The van der Waals surface area contributed by atoms with E-state index in [1.807, 2.05) is 0 Å². The summed E-state index contributed by atoms with van der Waals surface area (Å²) in [5.41, 5.74) is -9.82. The zero-order chi connectivity index (χ0) is 19.2. The van der Waals surface area contributed by atoms with Gasteiger partial charge in [-0.1, -0.05) is 6.07 Å². The second-order valence-corrected chi connectivity index (χ2v) is 4.45. The second-order valence-electron chi connectivity index (χ2n) is 4.45. The van der Waals surface area contributed by atoms with Gasteiger partial charge in [0.1, 0.15) is 0 Å². The largest absolute Gasteiger partial charge is 0.429 e. The lowest BCUT2D eigenvalue weighted by Gasteiger charge is -2.39. The van der Waals surface area contributed by atoms with E-state index in [1.54, 1.807) is 0 Å². The summed E-state index contributed by atoms with van der Waals surface area (Å²) in [5, 5.41) is 0.150. The third-order valence-electron chi connectivity index (χ3n) is 2.80. The van der Waals surface area contributed by atoms with E-state index in [1.165, 1.54) is 0 Å². The van der Waals surface area contributed by atoms with Crippen molar-refractivity contribution in [2.24, 2.45) is 0 Å². The average molecular weight is 379 g/mol. The van der Waals surface area contributed by atoms with Crippen LogP contribution in [0.25, 0.3) is 0 Å². The van der Waals surface area contributed by atoms with Gasteiger partial charge >= 0.3 is 30.2 Å². The van der Waals surface area contributed by atoms with E-state index in [0.717, 1.165) is 0 Å². The lowest BCUT2D eigenvalue weighted by Crippen LogP contribution is -2.70. The minimum atomic E-state index is -6.93. The summed E-state index contributed by atoms with van der Waals surface area (Å²) in [4.78, 5) is 0. The molecule has 138 valence electrons. The van der Waals surface area contributed by atoms with Gasteiger partial charge in [0.2, 0.25) is 0 Å². The molecule has 0 radical (unpaired) electrons. The Bertz CT molecular complexity index is 540. The highest BCUT2D eigenvalue weighted by atomic mass is 19.4. The van der Waals surface area contributed by atoms with Gasteiger partial charge in [-0.3, -0.25) is 0 Å². The fraction of sp³-hybridized carbons (Fsp3) is 0.455. The van der Waals surface area contributed by atoms with E-state index >= 15 is 0 Å². The van der Waals surface area contributed by atoms with Crippen LogP contribution in [0.15, 0.2) is 24.3 Å². The molecule has 0 aliphatic carbocycles. The van der Waals surface area contributed by atoms with Crippen LogP contribution in [0.4, 0.5) is 58.4 Å². The zero-order valence-corrected chi connectivity index (χ0v) is 10.8. The van der Waals surface area contributed by atoms with Crippen LogP contribution in [0.2, 0.25) is 0 Å². The molecule has 0 bridgehead atoms. The maximum atomic E-state index is 12.7. The number of alkyl halides is 12. The van der Waals surface area contributed by atoms with Crippen molar-refractivity contribution in [2.75, 3.05) is 5.32 Å². The number of hydrogen-bond donors (Lipinski definition) is 1. The number of nitrogens with one attached hydrogen (secondary N) is 1. The molecule has 0 amide bonds. The van der Waals surface area contributed by atoms with Crippen molar-refractivity contribution in [3.8, 4) is 0 Å². The van der Waals surface area contributed by atoms with Crippen LogP contribution >= 0.6 is 0 Å².